The highest BCUT2D eigenvalue weighted by atomic mass is 79.9. The Bertz CT molecular complexity index is 758. The van der Waals surface area contributed by atoms with Crippen molar-refractivity contribution in [1.82, 2.24) is 5.32 Å². The number of halogens is 1. The van der Waals surface area contributed by atoms with Gasteiger partial charge in [-0.3, -0.25) is 4.79 Å². The fourth-order valence-corrected chi connectivity index (χ4v) is 4.07. The normalized spacial score (nSPS) is 20.2. The molecular formula is C19H24BrNO2S2. The molecule has 0 spiro atoms. The molecular weight excluding hydrogens is 418 g/mol. The Morgan fingerprint density at radius 3 is 2.60 bits per heavy atom. The summed E-state index contributed by atoms with van der Waals surface area (Å²) in [5.74, 6) is 0.656. The SMILES string of the molecule is CCc1cc(C)cc(Br)c1C1=C(OC(=S)SC)C(C)(C(C)C)NC1=O. The number of amides is 1. The number of aryl methyl sites for hydroxylation is 2. The number of carbonyl (C=O) groups excluding carboxylic acids is 1. The lowest BCUT2D eigenvalue weighted by Crippen LogP contribution is -2.46. The summed E-state index contributed by atoms with van der Waals surface area (Å²) in [5.41, 5.74) is 3.15. The third kappa shape index (κ3) is 3.81. The van der Waals surface area contributed by atoms with Crippen molar-refractivity contribution in [2.45, 2.75) is 46.6 Å². The van der Waals surface area contributed by atoms with Gasteiger partial charge in [0.2, 0.25) is 4.38 Å². The zero-order valence-corrected chi connectivity index (χ0v) is 18.7. The highest BCUT2D eigenvalue weighted by molar-refractivity contribution is 9.10. The molecule has 2 rings (SSSR count). The summed E-state index contributed by atoms with van der Waals surface area (Å²) in [4.78, 5) is 13.0. The van der Waals surface area contributed by atoms with E-state index in [9.17, 15) is 4.79 Å². The second-order valence-electron chi connectivity index (χ2n) is 6.71. The minimum atomic E-state index is -0.596. The number of carbonyl (C=O) groups is 1. The van der Waals surface area contributed by atoms with Gasteiger partial charge in [-0.2, -0.15) is 0 Å². The molecule has 1 N–H and O–H groups in total. The molecule has 0 fully saturated rings. The van der Waals surface area contributed by atoms with Crippen molar-refractivity contribution in [3.63, 3.8) is 0 Å². The van der Waals surface area contributed by atoms with Crippen LogP contribution in [-0.4, -0.2) is 22.1 Å². The van der Waals surface area contributed by atoms with Crippen molar-refractivity contribution in [3.8, 4) is 0 Å². The van der Waals surface area contributed by atoms with E-state index in [2.05, 4.69) is 55.0 Å². The van der Waals surface area contributed by atoms with E-state index in [1.54, 1.807) is 0 Å². The molecule has 25 heavy (non-hydrogen) atoms. The van der Waals surface area contributed by atoms with Gasteiger partial charge in [-0.15, -0.1) is 0 Å². The van der Waals surface area contributed by atoms with Crippen molar-refractivity contribution in [2.24, 2.45) is 5.92 Å². The molecule has 1 amide bonds. The standard InChI is InChI=1S/C19H24BrNO2S2/c1-7-12-8-11(4)9-13(20)14(12)15-16(23-18(24)25-6)19(5,10(2)3)21-17(15)22/h8-10H,7H2,1-6H3,(H,21,22). The molecule has 0 saturated heterocycles. The Morgan fingerprint density at radius 1 is 1.44 bits per heavy atom. The van der Waals surface area contributed by atoms with Gasteiger partial charge in [0, 0.05) is 10.0 Å². The third-order valence-electron chi connectivity index (χ3n) is 4.75. The molecule has 0 aliphatic carbocycles. The van der Waals surface area contributed by atoms with Gasteiger partial charge < -0.3 is 10.1 Å². The van der Waals surface area contributed by atoms with E-state index in [4.69, 9.17) is 17.0 Å². The van der Waals surface area contributed by atoms with Gasteiger partial charge in [-0.25, -0.2) is 0 Å². The van der Waals surface area contributed by atoms with Gasteiger partial charge in [0.15, 0.2) is 0 Å². The van der Waals surface area contributed by atoms with Crippen molar-refractivity contribution in [3.05, 3.63) is 39.1 Å². The number of thioether (sulfide) groups is 1. The van der Waals surface area contributed by atoms with Crippen LogP contribution in [0.4, 0.5) is 0 Å². The van der Waals surface area contributed by atoms with E-state index in [1.807, 2.05) is 19.2 Å². The van der Waals surface area contributed by atoms with Crippen LogP contribution >= 0.6 is 39.9 Å². The summed E-state index contributed by atoms with van der Waals surface area (Å²) in [6, 6.07) is 4.15. The summed E-state index contributed by atoms with van der Waals surface area (Å²) in [5, 5.41) is 3.12. The Labute approximate surface area is 168 Å². The number of benzene rings is 1. The lowest BCUT2D eigenvalue weighted by Gasteiger charge is -2.31. The first-order valence-electron chi connectivity index (χ1n) is 8.28. The van der Waals surface area contributed by atoms with Crippen LogP contribution < -0.4 is 5.32 Å². The summed E-state index contributed by atoms with van der Waals surface area (Å²) in [6.07, 6.45) is 2.70. The van der Waals surface area contributed by atoms with Crippen LogP contribution in [0.25, 0.3) is 5.57 Å². The Kier molecular flexibility index (Phi) is 6.39. The third-order valence-corrected chi connectivity index (χ3v) is 6.38. The predicted octanol–water partition coefficient (Wildman–Crippen LogP) is 5.24. The van der Waals surface area contributed by atoms with Gasteiger partial charge in [0.05, 0.1) is 11.1 Å². The molecule has 1 aromatic rings. The molecule has 136 valence electrons. The van der Waals surface area contributed by atoms with E-state index in [-0.39, 0.29) is 11.8 Å². The van der Waals surface area contributed by atoms with Crippen LogP contribution in [0, 0.1) is 12.8 Å². The first kappa shape index (κ1) is 20.5. The number of hydrogen-bond acceptors (Lipinski definition) is 4. The van der Waals surface area contributed by atoms with E-state index < -0.39 is 5.54 Å². The topological polar surface area (TPSA) is 38.3 Å². The van der Waals surface area contributed by atoms with Crippen LogP contribution in [0.3, 0.4) is 0 Å². The number of rotatable bonds is 4. The molecule has 3 nitrogen and oxygen atoms in total. The van der Waals surface area contributed by atoms with E-state index in [0.717, 1.165) is 27.6 Å². The number of hydrogen-bond donors (Lipinski definition) is 1. The minimum Gasteiger partial charge on any atom is -0.441 e. The number of thiocarbonyl (C=S) groups is 1. The molecule has 1 aliphatic heterocycles. The molecule has 0 bridgehead atoms. The maximum Gasteiger partial charge on any atom is 0.256 e. The lowest BCUT2D eigenvalue weighted by atomic mass is 9.85. The van der Waals surface area contributed by atoms with Crippen LogP contribution in [0.1, 0.15) is 44.4 Å². The van der Waals surface area contributed by atoms with E-state index in [0.29, 0.717) is 15.7 Å². The number of ether oxygens (including phenoxy) is 1. The molecule has 1 unspecified atom stereocenters. The Hall–Kier alpha value is -0.850. The molecule has 6 heteroatoms. The zero-order chi connectivity index (χ0) is 18.9. The lowest BCUT2D eigenvalue weighted by molar-refractivity contribution is -0.116. The number of nitrogens with one attached hydrogen (secondary N) is 1. The molecule has 1 aromatic carbocycles. The van der Waals surface area contributed by atoms with Gasteiger partial charge in [-0.1, -0.05) is 54.5 Å². The second-order valence-corrected chi connectivity index (χ2v) is 8.97. The van der Waals surface area contributed by atoms with Crippen molar-refractivity contribution in [1.29, 1.82) is 0 Å². The predicted molar refractivity (Wildman–Crippen MR) is 114 cm³/mol. The van der Waals surface area contributed by atoms with Crippen LogP contribution in [0.2, 0.25) is 0 Å². The summed E-state index contributed by atoms with van der Waals surface area (Å²) in [7, 11) is 0. The van der Waals surface area contributed by atoms with Crippen molar-refractivity contribution >= 4 is 55.8 Å². The fourth-order valence-electron chi connectivity index (χ4n) is 3.01. The fraction of sp³-hybridized carbons (Fsp3) is 0.474. The molecule has 0 aromatic heterocycles. The summed E-state index contributed by atoms with van der Waals surface area (Å²) >= 11 is 10.3. The maximum absolute atomic E-state index is 13.0. The van der Waals surface area contributed by atoms with Crippen molar-refractivity contribution in [2.75, 3.05) is 6.26 Å². The Morgan fingerprint density at radius 2 is 2.08 bits per heavy atom. The van der Waals surface area contributed by atoms with Crippen LogP contribution in [0.5, 0.6) is 0 Å². The molecule has 1 atom stereocenters. The largest absolute Gasteiger partial charge is 0.441 e. The highest BCUT2D eigenvalue weighted by Crippen LogP contribution is 2.42. The van der Waals surface area contributed by atoms with E-state index >= 15 is 0 Å². The highest BCUT2D eigenvalue weighted by Gasteiger charge is 2.47. The smallest absolute Gasteiger partial charge is 0.256 e. The van der Waals surface area contributed by atoms with Gasteiger partial charge in [0.25, 0.3) is 5.91 Å². The van der Waals surface area contributed by atoms with Crippen LogP contribution in [0.15, 0.2) is 22.4 Å². The molecule has 0 radical (unpaired) electrons. The van der Waals surface area contributed by atoms with E-state index in [1.165, 1.54) is 11.8 Å². The minimum absolute atomic E-state index is 0.116. The van der Waals surface area contributed by atoms with Crippen LogP contribution in [-0.2, 0) is 16.0 Å². The molecule has 1 heterocycles. The van der Waals surface area contributed by atoms with Crippen molar-refractivity contribution < 1.29 is 9.53 Å². The summed E-state index contributed by atoms with van der Waals surface area (Å²) in [6.45, 7) is 10.3. The first-order chi connectivity index (χ1) is 11.7. The average molecular weight is 442 g/mol. The quantitative estimate of drug-likeness (QED) is 0.648. The van der Waals surface area contributed by atoms with Gasteiger partial charge in [-0.05, 0) is 61.9 Å². The Balaban J connectivity index is 2.79. The first-order valence-corrected chi connectivity index (χ1v) is 10.7. The monoisotopic (exact) mass is 441 g/mol. The second kappa shape index (κ2) is 7.80. The molecule has 1 aliphatic rings. The van der Waals surface area contributed by atoms with Gasteiger partial charge in [0.1, 0.15) is 5.76 Å². The average Bonchev–Trinajstić information content (AvgIpc) is 2.78. The maximum atomic E-state index is 13.0. The summed E-state index contributed by atoms with van der Waals surface area (Å²) < 4.78 is 7.35. The molecule has 0 saturated carbocycles. The zero-order valence-electron chi connectivity index (χ0n) is 15.5. The van der Waals surface area contributed by atoms with Gasteiger partial charge >= 0.3 is 0 Å².